The van der Waals surface area contributed by atoms with Gasteiger partial charge >= 0.3 is 0 Å². The first kappa shape index (κ1) is 24.1. The van der Waals surface area contributed by atoms with Crippen LogP contribution in [-0.4, -0.2) is 59.7 Å². The van der Waals surface area contributed by atoms with Crippen LogP contribution in [0, 0.1) is 5.92 Å². The average Bonchev–Trinajstić information content (AvgIpc) is 2.76. The van der Waals surface area contributed by atoms with Crippen LogP contribution in [0.3, 0.4) is 0 Å². The summed E-state index contributed by atoms with van der Waals surface area (Å²) in [6.07, 6.45) is 2.24. The van der Waals surface area contributed by atoms with E-state index < -0.39 is 3.79 Å². The predicted octanol–water partition coefficient (Wildman–Crippen LogP) is 4.91. The van der Waals surface area contributed by atoms with Crippen molar-refractivity contribution < 1.29 is 9.47 Å². The first-order chi connectivity index (χ1) is 14.7. The van der Waals surface area contributed by atoms with Crippen LogP contribution in [0.15, 0.2) is 18.2 Å². The van der Waals surface area contributed by atoms with Gasteiger partial charge in [0.05, 0.1) is 14.2 Å². The summed E-state index contributed by atoms with van der Waals surface area (Å²) in [5.74, 6) is 2.54. The molecule has 1 aliphatic rings. The highest BCUT2D eigenvalue weighted by Gasteiger charge is 2.29. The van der Waals surface area contributed by atoms with Crippen molar-refractivity contribution in [2.24, 2.45) is 5.92 Å². The summed E-state index contributed by atoms with van der Waals surface area (Å²) in [7, 11) is 3.16. The zero-order valence-corrected chi connectivity index (χ0v) is 20.4. The van der Waals surface area contributed by atoms with Crippen molar-refractivity contribution in [1.82, 2.24) is 19.9 Å². The quantitative estimate of drug-likeness (QED) is 0.555. The molecule has 7 nitrogen and oxygen atoms in total. The minimum Gasteiger partial charge on any atom is -0.497 e. The Morgan fingerprint density at radius 2 is 1.65 bits per heavy atom. The normalized spacial score (nSPS) is 15.9. The van der Waals surface area contributed by atoms with Gasteiger partial charge in [0, 0.05) is 24.2 Å². The largest absolute Gasteiger partial charge is 0.497 e. The number of hydrogen-bond acceptors (Lipinski definition) is 7. The van der Waals surface area contributed by atoms with Crippen molar-refractivity contribution in [2.75, 3.05) is 39.2 Å². The van der Waals surface area contributed by atoms with Crippen LogP contribution >= 0.6 is 34.8 Å². The van der Waals surface area contributed by atoms with Crippen molar-refractivity contribution in [3.05, 3.63) is 24.0 Å². The molecule has 1 N–H and O–H groups in total. The van der Waals surface area contributed by atoms with Crippen LogP contribution in [0.5, 0.6) is 11.5 Å². The van der Waals surface area contributed by atoms with Gasteiger partial charge in [-0.3, -0.25) is 0 Å². The lowest BCUT2D eigenvalue weighted by Gasteiger charge is -2.34. The number of aromatic nitrogens is 3. The third-order valence-electron chi connectivity index (χ3n) is 5.43. The fourth-order valence-electron chi connectivity index (χ4n) is 3.56. The second kappa shape index (κ2) is 10.4. The molecule has 2 aromatic rings. The van der Waals surface area contributed by atoms with Gasteiger partial charge in [0.1, 0.15) is 11.5 Å². The van der Waals surface area contributed by atoms with Crippen molar-refractivity contribution >= 4 is 40.8 Å². The molecule has 0 spiro atoms. The summed E-state index contributed by atoms with van der Waals surface area (Å²) < 4.78 is 8.92. The number of rotatable bonds is 7. The summed E-state index contributed by atoms with van der Waals surface area (Å²) in [6.45, 7) is 7.40. The summed E-state index contributed by atoms with van der Waals surface area (Å²) in [5, 5.41) is 3.32. The van der Waals surface area contributed by atoms with Crippen LogP contribution in [0.1, 0.15) is 32.5 Å². The molecule has 0 radical (unpaired) electrons. The van der Waals surface area contributed by atoms with E-state index in [0.717, 1.165) is 32.5 Å². The maximum atomic E-state index is 6.10. The van der Waals surface area contributed by atoms with Gasteiger partial charge in [-0.1, -0.05) is 34.8 Å². The van der Waals surface area contributed by atoms with Crippen LogP contribution in [-0.2, 0) is 3.79 Å². The number of halogens is 3. The first-order valence-corrected chi connectivity index (χ1v) is 11.4. The molecule has 31 heavy (non-hydrogen) atoms. The molecule has 0 atom stereocenters. The Morgan fingerprint density at radius 1 is 1.03 bits per heavy atom. The molecule has 0 aliphatic carbocycles. The molecule has 1 aromatic heterocycles. The van der Waals surface area contributed by atoms with Crippen LogP contribution < -0.4 is 14.8 Å². The van der Waals surface area contributed by atoms with Gasteiger partial charge in [-0.25, -0.2) is 4.98 Å². The van der Waals surface area contributed by atoms with E-state index in [1.807, 2.05) is 0 Å². The molecule has 0 amide bonds. The number of alkyl halides is 3. The number of anilines is 1. The Bertz CT molecular complexity index is 862. The molecular weight excluding hydrogens is 461 g/mol. The topological polar surface area (TPSA) is 72.4 Å². The van der Waals surface area contributed by atoms with E-state index in [1.165, 1.54) is 0 Å². The molecular formula is C21H28Cl3N5O2. The number of piperidine rings is 1. The van der Waals surface area contributed by atoms with E-state index >= 15 is 0 Å². The van der Waals surface area contributed by atoms with Crippen LogP contribution in [0.4, 0.5) is 5.95 Å². The molecule has 0 saturated carbocycles. The number of ether oxygens (including phenoxy) is 2. The zero-order chi connectivity index (χ0) is 22.6. The zero-order valence-electron chi connectivity index (χ0n) is 18.2. The van der Waals surface area contributed by atoms with Gasteiger partial charge in [0.25, 0.3) is 0 Å². The molecule has 3 rings (SSSR count). The summed E-state index contributed by atoms with van der Waals surface area (Å²) in [4.78, 5) is 15.8. The third kappa shape index (κ3) is 6.48. The lowest BCUT2D eigenvalue weighted by molar-refractivity contribution is 0.153. The lowest BCUT2D eigenvalue weighted by Crippen LogP contribution is -2.40. The highest BCUT2D eigenvalue weighted by Crippen LogP contribution is 2.37. The van der Waals surface area contributed by atoms with Crippen LogP contribution in [0.25, 0.3) is 11.4 Å². The minimum absolute atomic E-state index is 0.0569. The number of likely N-dealkylation sites (tertiary alicyclic amines) is 1. The Hall–Kier alpha value is -1.54. The Labute approximate surface area is 198 Å². The number of nitrogens with one attached hydrogen (secondary N) is 1. The summed E-state index contributed by atoms with van der Waals surface area (Å²) in [5.41, 5.74) is 0.669. The second-order valence-corrected chi connectivity index (χ2v) is 10.1. The van der Waals surface area contributed by atoms with E-state index in [0.29, 0.717) is 40.8 Å². The number of methoxy groups -OCH3 is 2. The molecule has 1 aliphatic heterocycles. The first-order valence-electron chi connectivity index (χ1n) is 10.2. The second-order valence-electron chi connectivity index (χ2n) is 7.86. The lowest BCUT2D eigenvalue weighted by atomic mass is 9.96. The fourth-order valence-corrected chi connectivity index (χ4v) is 3.81. The number of benzene rings is 1. The molecule has 10 heteroatoms. The molecule has 170 valence electrons. The SMILES string of the molecule is COc1cc(OC)cc(-c2nc(NCC3CCN(C(C)C)CC3)nc(C(Cl)(Cl)Cl)n2)c1. The average molecular weight is 489 g/mol. The van der Waals surface area contributed by atoms with E-state index in [1.54, 1.807) is 32.4 Å². The fraction of sp³-hybridized carbons (Fsp3) is 0.571. The van der Waals surface area contributed by atoms with Crippen molar-refractivity contribution in [3.63, 3.8) is 0 Å². The molecule has 1 fully saturated rings. The van der Waals surface area contributed by atoms with Crippen LogP contribution in [0.2, 0.25) is 0 Å². The Kier molecular flexibility index (Phi) is 8.08. The minimum atomic E-state index is -1.78. The number of nitrogens with zero attached hydrogens (tertiary/aromatic N) is 4. The van der Waals surface area contributed by atoms with Gasteiger partial charge in [-0.2, -0.15) is 9.97 Å². The highest BCUT2D eigenvalue weighted by molar-refractivity contribution is 6.66. The van der Waals surface area contributed by atoms with Gasteiger partial charge in [0.15, 0.2) is 11.6 Å². The van der Waals surface area contributed by atoms with E-state index in [9.17, 15) is 0 Å². The highest BCUT2D eigenvalue weighted by atomic mass is 35.6. The van der Waals surface area contributed by atoms with Gasteiger partial charge in [0.2, 0.25) is 9.74 Å². The standard InChI is InChI=1S/C21H28Cl3N5O2/c1-13(2)29-7-5-14(6-8-29)12-25-20-27-18(26-19(28-20)21(22,23)24)15-9-16(30-3)11-17(10-15)31-4/h9-11,13-14H,5-8,12H2,1-4H3,(H,25,26,27,28). The summed E-state index contributed by atoms with van der Waals surface area (Å²) in [6, 6.07) is 5.94. The van der Waals surface area contributed by atoms with Gasteiger partial charge < -0.3 is 19.7 Å². The third-order valence-corrected chi connectivity index (χ3v) is 5.93. The maximum absolute atomic E-state index is 6.10. The van der Waals surface area contributed by atoms with Crippen molar-refractivity contribution in [2.45, 2.75) is 36.5 Å². The Balaban J connectivity index is 1.83. The molecule has 1 saturated heterocycles. The molecule has 0 unspecified atom stereocenters. The predicted molar refractivity (Wildman–Crippen MR) is 126 cm³/mol. The smallest absolute Gasteiger partial charge is 0.250 e. The maximum Gasteiger partial charge on any atom is 0.250 e. The molecule has 0 bridgehead atoms. The van der Waals surface area contributed by atoms with Gasteiger partial charge in [-0.05, 0) is 57.8 Å². The van der Waals surface area contributed by atoms with E-state index in [4.69, 9.17) is 44.3 Å². The monoisotopic (exact) mass is 487 g/mol. The summed E-state index contributed by atoms with van der Waals surface area (Å²) >= 11 is 18.3. The molecule has 2 heterocycles. The van der Waals surface area contributed by atoms with Crippen molar-refractivity contribution in [3.8, 4) is 22.9 Å². The van der Waals surface area contributed by atoms with E-state index in [-0.39, 0.29) is 5.82 Å². The Morgan fingerprint density at radius 3 is 2.16 bits per heavy atom. The van der Waals surface area contributed by atoms with Gasteiger partial charge in [-0.15, -0.1) is 0 Å². The molecule has 1 aromatic carbocycles. The van der Waals surface area contributed by atoms with Crippen molar-refractivity contribution in [1.29, 1.82) is 0 Å². The van der Waals surface area contributed by atoms with E-state index in [2.05, 4.69) is 39.0 Å². The number of hydrogen-bond donors (Lipinski definition) is 1.